The zero-order chi connectivity index (χ0) is 20.4. The lowest BCUT2D eigenvalue weighted by Gasteiger charge is -2.20. The highest BCUT2D eigenvalue weighted by atomic mass is 16.1. The van der Waals surface area contributed by atoms with Gasteiger partial charge in [0, 0.05) is 31.6 Å². The van der Waals surface area contributed by atoms with Crippen LogP contribution in [0.5, 0.6) is 0 Å². The lowest BCUT2D eigenvalue weighted by molar-refractivity contribution is -0.111. The van der Waals surface area contributed by atoms with Crippen molar-refractivity contribution in [2.24, 2.45) is 7.05 Å². The van der Waals surface area contributed by atoms with E-state index in [-0.39, 0.29) is 11.9 Å². The van der Waals surface area contributed by atoms with Crippen molar-refractivity contribution in [2.45, 2.75) is 12.5 Å². The number of carbonyl (C=O) groups is 1. The Kier molecular flexibility index (Phi) is 4.83. The van der Waals surface area contributed by atoms with Crippen LogP contribution in [0.15, 0.2) is 43.2 Å². The largest absolute Gasteiger partial charge is 0.368 e. The molecule has 2 aromatic heterocycles. The number of aromatic nitrogens is 4. The predicted octanol–water partition coefficient (Wildman–Crippen LogP) is 2.05. The van der Waals surface area contributed by atoms with Crippen LogP contribution in [0.4, 0.5) is 17.5 Å². The van der Waals surface area contributed by atoms with Crippen molar-refractivity contribution in [2.75, 3.05) is 28.6 Å². The molecule has 1 fully saturated rings. The summed E-state index contributed by atoms with van der Waals surface area (Å²) in [6.07, 6.45) is 5.18. The molecular formula is C20H20N8O. The smallest absolute Gasteiger partial charge is 0.248 e. The number of benzene rings is 1. The third-order valence-electron chi connectivity index (χ3n) is 4.91. The Labute approximate surface area is 167 Å². The van der Waals surface area contributed by atoms with E-state index in [4.69, 9.17) is 5.26 Å². The maximum Gasteiger partial charge on any atom is 0.248 e. The highest BCUT2D eigenvalue weighted by Gasteiger charge is 2.26. The predicted molar refractivity (Wildman–Crippen MR) is 111 cm³/mol. The topological polar surface area (TPSA) is 112 Å². The van der Waals surface area contributed by atoms with Gasteiger partial charge in [-0.3, -0.25) is 9.48 Å². The number of hydrogen-bond acceptors (Lipinski definition) is 7. The maximum atomic E-state index is 11.7. The molecule has 9 heteroatoms. The molecule has 1 amide bonds. The molecule has 0 unspecified atom stereocenters. The number of carbonyl (C=O) groups excluding carboxylic acids is 1. The first-order valence-corrected chi connectivity index (χ1v) is 9.22. The zero-order valence-corrected chi connectivity index (χ0v) is 16.0. The van der Waals surface area contributed by atoms with Crippen molar-refractivity contribution in [1.82, 2.24) is 19.7 Å². The van der Waals surface area contributed by atoms with Crippen LogP contribution in [0.3, 0.4) is 0 Å². The second kappa shape index (κ2) is 7.59. The number of nitrogens with zero attached hydrogens (tertiary/aromatic N) is 6. The van der Waals surface area contributed by atoms with Crippen LogP contribution in [-0.4, -0.2) is 44.8 Å². The van der Waals surface area contributed by atoms with Crippen LogP contribution in [0.2, 0.25) is 0 Å². The zero-order valence-electron chi connectivity index (χ0n) is 16.0. The van der Waals surface area contributed by atoms with Crippen molar-refractivity contribution in [1.29, 1.82) is 5.26 Å². The molecule has 29 heavy (non-hydrogen) atoms. The Bertz CT molecular complexity index is 1110. The number of para-hydroxylation sites is 1. The molecule has 2 N–H and O–H groups in total. The van der Waals surface area contributed by atoms with Crippen LogP contribution in [0.1, 0.15) is 12.0 Å². The van der Waals surface area contributed by atoms with Gasteiger partial charge in [-0.1, -0.05) is 12.6 Å². The van der Waals surface area contributed by atoms with Gasteiger partial charge in [0.25, 0.3) is 0 Å². The van der Waals surface area contributed by atoms with Crippen molar-refractivity contribution in [3.63, 3.8) is 0 Å². The number of hydrogen-bond donors (Lipinski definition) is 2. The number of nitrogens with one attached hydrogen (secondary N) is 2. The molecule has 1 atom stereocenters. The molecule has 146 valence electrons. The number of nitriles is 1. The number of rotatable bonds is 5. The second-order valence-electron chi connectivity index (χ2n) is 6.82. The van der Waals surface area contributed by atoms with Gasteiger partial charge < -0.3 is 15.5 Å². The van der Waals surface area contributed by atoms with Crippen LogP contribution in [0, 0.1) is 11.3 Å². The van der Waals surface area contributed by atoms with Gasteiger partial charge in [0.15, 0.2) is 5.82 Å². The SMILES string of the molecule is C=CC(=O)Nc1nn(C)c2c(N3CC[C@@H](Nc4ncc(C#N)cn4)C3)cccc12. The molecule has 9 nitrogen and oxygen atoms in total. The van der Waals surface area contributed by atoms with Gasteiger partial charge in [0.1, 0.15) is 6.07 Å². The average molecular weight is 388 g/mol. The fourth-order valence-electron chi connectivity index (χ4n) is 3.57. The van der Waals surface area contributed by atoms with Crippen LogP contribution < -0.4 is 15.5 Å². The Hall–Kier alpha value is -3.93. The van der Waals surface area contributed by atoms with E-state index in [0.29, 0.717) is 17.3 Å². The molecule has 0 radical (unpaired) electrons. The first kappa shape index (κ1) is 18.4. The van der Waals surface area contributed by atoms with Gasteiger partial charge in [-0.15, -0.1) is 0 Å². The third kappa shape index (κ3) is 3.60. The van der Waals surface area contributed by atoms with E-state index in [1.165, 1.54) is 18.5 Å². The molecule has 1 aromatic carbocycles. The minimum absolute atomic E-state index is 0.186. The number of anilines is 3. The molecule has 3 aromatic rings. The first-order valence-electron chi connectivity index (χ1n) is 9.22. The molecular weight excluding hydrogens is 368 g/mol. The molecule has 0 spiro atoms. The molecule has 4 rings (SSSR count). The summed E-state index contributed by atoms with van der Waals surface area (Å²) in [4.78, 5) is 22.4. The lowest BCUT2D eigenvalue weighted by atomic mass is 10.2. The van der Waals surface area contributed by atoms with Crippen LogP contribution >= 0.6 is 0 Å². The van der Waals surface area contributed by atoms with E-state index in [9.17, 15) is 4.79 Å². The van der Waals surface area contributed by atoms with E-state index < -0.39 is 0 Å². The van der Waals surface area contributed by atoms with Gasteiger partial charge in [-0.05, 0) is 24.6 Å². The number of fused-ring (bicyclic) bond motifs is 1. The van der Waals surface area contributed by atoms with Gasteiger partial charge in [0.05, 0.1) is 29.2 Å². The molecule has 0 aliphatic carbocycles. The highest BCUT2D eigenvalue weighted by molar-refractivity contribution is 6.06. The Morgan fingerprint density at radius 2 is 2.17 bits per heavy atom. The van der Waals surface area contributed by atoms with E-state index in [1.807, 2.05) is 25.2 Å². The summed E-state index contributed by atoms with van der Waals surface area (Å²) in [7, 11) is 1.87. The minimum atomic E-state index is -0.289. The van der Waals surface area contributed by atoms with Gasteiger partial charge >= 0.3 is 0 Å². The van der Waals surface area contributed by atoms with Crippen LogP contribution in [0.25, 0.3) is 10.9 Å². The van der Waals surface area contributed by atoms with E-state index in [2.05, 4.69) is 43.2 Å². The summed E-state index contributed by atoms with van der Waals surface area (Å²) in [5.41, 5.74) is 2.45. The lowest BCUT2D eigenvalue weighted by Crippen LogP contribution is -2.27. The van der Waals surface area contributed by atoms with Gasteiger partial charge in [-0.2, -0.15) is 10.4 Å². The minimum Gasteiger partial charge on any atom is -0.368 e. The van der Waals surface area contributed by atoms with Crippen molar-refractivity contribution < 1.29 is 4.79 Å². The number of amides is 1. The Morgan fingerprint density at radius 3 is 2.90 bits per heavy atom. The summed E-state index contributed by atoms with van der Waals surface area (Å²) >= 11 is 0. The van der Waals surface area contributed by atoms with Crippen LogP contribution in [-0.2, 0) is 11.8 Å². The van der Waals surface area contributed by atoms with Crippen molar-refractivity contribution in [3.05, 3.63) is 48.8 Å². The summed E-state index contributed by atoms with van der Waals surface area (Å²) in [6, 6.07) is 8.17. The molecule has 3 heterocycles. The summed E-state index contributed by atoms with van der Waals surface area (Å²) < 4.78 is 1.79. The van der Waals surface area contributed by atoms with Gasteiger partial charge in [0.2, 0.25) is 11.9 Å². The normalized spacial score (nSPS) is 15.9. The van der Waals surface area contributed by atoms with Crippen molar-refractivity contribution >= 4 is 34.3 Å². The number of aryl methyl sites for hydroxylation is 1. The van der Waals surface area contributed by atoms with E-state index >= 15 is 0 Å². The molecule has 1 aliphatic rings. The van der Waals surface area contributed by atoms with Crippen molar-refractivity contribution in [3.8, 4) is 6.07 Å². The summed E-state index contributed by atoms with van der Waals surface area (Å²) in [6.45, 7) is 5.14. The fourth-order valence-corrected chi connectivity index (χ4v) is 3.57. The third-order valence-corrected chi connectivity index (χ3v) is 4.91. The van der Waals surface area contributed by atoms with E-state index in [1.54, 1.807) is 4.68 Å². The Morgan fingerprint density at radius 1 is 1.38 bits per heavy atom. The maximum absolute atomic E-state index is 11.7. The standard InChI is InChI=1S/C20H20N8O/c1-3-17(29)25-19-15-5-4-6-16(18(15)27(2)26-19)28-8-7-14(12-28)24-20-22-10-13(9-21)11-23-20/h3-6,10-11,14H,1,7-8,12H2,2H3,(H,22,23,24)(H,25,26,29)/t14-/m1/s1. The fraction of sp³-hybridized carbons (Fsp3) is 0.250. The molecule has 0 saturated carbocycles. The highest BCUT2D eigenvalue weighted by Crippen LogP contribution is 2.33. The van der Waals surface area contributed by atoms with Gasteiger partial charge in [-0.25, -0.2) is 9.97 Å². The molecule has 1 aliphatic heterocycles. The van der Waals surface area contributed by atoms with E-state index in [0.717, 1.165) is 36.1 Å². The molecule has 0 bridgehead atoms. The first-order chi connectivity index (χ1) is 14.1. The summed E-state index contributed by atoms with van der Waals surface area (Å²) in [5, 5.41) is 20.3. The molecule has 1 saturated heterocycles. The second-order valence-corrected chi connectivity index (χ2v) is 6.82. The summed E-state index contributed by atoms with van der Waals surface area (Å²) in [5.74, 6) is 0.751. The average Bonchev–Trinajstić information content (AvgIpc) is 3.33. The quantitative estimate of drug-likeness (QED) is 0.643. The Balaban J connectivity index is 1.55. The monoisotopic (exact) mass is 388 g/mol.